The van der Waals surface area contributed by atoms with Gasteiger partial charge < -0.3 is 14.5 Å². The molecule has 3 aliphatic rings. The normalized spacial score (nSPS) is 23.6. The molecular formula is C24H35N3O2. The lowest BCUT2D eigenvalue weighted by Crippen LogP contribution is -2.56. The van der Waals surface area contributed by atoms with E-state index in [2.05, 4.69) is 32.9 Å². The smallest absolute Gasteiger partial charge is 0.226 e. The molecule has 1 unspecified atom stereocenters. The summed E-state index contributed by atoms with van der Waals surface area (Å²) in [4.78, 5) is 20.0. The average Bonchev–Trinajstić information content (AvgIpc) is 2.80. The van der Waals surface area contributed by atoms with Crippen molar-refractivity contribution in [3.05, 3.63) is 35.9 Å². The zero-order chi connectivity index (χ0) is 20.1. The number of hydrogen-bond donors (Lipinski definition) is 0. The summed E-state index contributed by atoms with van der Waals surface area (Å²) in [6, 6.07) is 8.79. The molecule has 0 bridgehead atoms. The topological polar surface area (TPSA) is 36.0 Å². The molecule has 1 atom stereocenters. The van der Waals surface area contributed by atoms with E-state index in [1.54, 1.807) is 7.11 Å². The zero-order valence-electron chi connectivity index (χ0n) is 17.8. The lowest BCUT2D eigenvalue weighted by Gasteiger charge is -2.44. The van der Waals surface area contributed by atoms with Crippen molar-refractivity contribution >= 4 is 11.6 Å². The Kier molecular flexibility index (Phi) is 6.75. The minimum absolute atomic E-state index is 0.343. The number of piperazine rings is 1. The summed E-state index contributed by atoms with van der Waals surface area (Å²) < 4.78 is 5.54. The summed E-state index contributed by atoms with van der Waals surface area (Å²) in [6.45, 7) is 5.96. The van der Waals surface area contributed by atoms with Gasteiger partial charge in [0, 0.05) is 51.7 Å². The Hall–Kier alpha value is -2.01. The van der Waals surface area contributed by atoms with Crippen LogP contribution in [0.25, 0.3) is 0 Å². The number of amides is 1. The van der Waals surface area contributed by atoms with Gasteiger partial charge in [0.25, 0.3) is 0 Å². The maximum Gasteiger partial charge on any atom is 0.226 e. The molecule has 0 aromatic heterocycles. The average molecular weight is 398 g/mol. The van der Waals surface area contributed by atoms with Crippen LogP contribution in [0.5, 0.6) is 5.75 Å². The van der Waals surface area contributed by atoms with Gasteiger partial charge in [-0.15, -0.1) is 0 Å². The Bertz CT molecular complexity index is 725. The van der Waals surface area contributed by atoms with E-state index >= 15 is 0 Å². The first-order valence-corrected chi connectivity index (χ1v) is 11.3. The summed E-state index contributed by atoms with van der Waals surface area (Å²) in [5.74, 6) is 1.29. The van der Waals surface area contributed by atoms with Crippen molar-refractivity contribution in [1.82, 2.24) is 9.80 Å². The van der Waals surface area contributed by atoms with E-state index in [1.165, 1.54) is 30.5 Å². The number of carbonyl (C=O) groups is 1. The van der Waals surface area contributed by atoms with Gasteiger partial charge in [-0.25, -0.2) is 0 Å². The molecule has 1 aromatic carbocycles. The van der Waals surface area contributed by atoms with Gasteiger partial charge in [0.2, 0.25) is 5.91 Å². The molecule has 1 amide bonds. The Morgan fingerprint density at radius 1 is 1.07 bits per heavy atom. The first-order valence-electron chi connectivity index (χ1n) is 11.3. The van der Waals surface area contributed by atoms with Crippen LogP contribution < -0.4 is 9.64 Å². The number of hydrogen-bond acceptors (Lipinski definition) is 4. The summed E-state index contributed by atoms with van der Waals surface area (Å²) in [5, 5.41) is 0. The lowest BCUT2D eigenvalue weighted by atomic mass is 9.96. The Morgan fingerprint density at radius 3 is 2.66 bits per heavy atom. The van der Waals surface area contributed by atoms with Gasteiger partial charge in [0.15, 0.2) is 0 Å². The number of nitrogens with zero attached hydrogens (tertiary/aromatic N) is 3. The largest absolute Gasteiger partial charge is 0.495 e. The van der Waals surface area contributed by atoms with E-state index < -0.39 is 0 Å². The number of carbonyl (C=O) groups excluding carboxylic acids is 1. The first kappa shape index (κ1) is 20.3. The van der Waals surface area contributed by atoms with E-state index in [4.69, 9.17) is 4.74 Å². The molecule has 1 aromatic rings. The fourth-order valence-electron chi connectivity index (χ4n) is 5.07. The van der Waals surface area contributed by atoms with E-state index in [-0.39, 0.29) is 0 Å². The third-order valence-electron chi connectivity index (χ3n) is 6.77. The van der Waals surface area contributed by atoms with Crippen molar-refractivity contribution in [1.29, 1.82) is 0 Å². The SMILES string of the molecule is COc1ccccc1N1CCN(C2CCCN(C(=O)CC3=CCCCC3)C2)CC1. The number of likely N-dealkylation sites (tertiary alicyclic amines) is 1. The Labute approximate surface area is 175 Å². The van der Waals surface area contributed by atoms with Crippen LogP contribution in [0.2, 0.25) is 0 Å². The van der Waals surface area contributed by atoms with Crippen LogP contribution in [0.3, 0.4) is 0 Å². The molecule has 0 radical (unpaired) electrons. The van der Waals surface area contributed by atoms with E-state index in [0.29, 0.717) is 18.4 Å². The summed E-state index contributed by atoms with van der Waals surface area (Å²) >= 11 is 0. The second-order valence-corrected chi connectivity index (χ2v) is 8.62. The van der Waals surface area contributed by atoms with Gasteiger partial charge in [-0.3, -0.25) is 9.69 Å². The lowest BCUT2D eigenvalue weighted by molar-refractivity contribution is -0.132. The molecular weight excluding hydrogens is 362 g/mol. The Morgan fingerprint density at radius 2 is 1.90 bits per heavy atom. The third kappa shape index (κ3) is 4.95. The van der Waals surface area contributed by atoms with Crippen LogP contribution >= 0.6 is 0 Å². The van der Waals surface area contributed by atoms with Gasteiger partial charge in [-0.2, -0.15) is 0 Å². The number of anilines is 1. The highest BCUT2D eigenvalue weighted by Gasteiger charge is 2.30. The van der Waals surface area contributed by atoms with E-state index in [9.17, 15) is 4.79 Å². The molecule has 29 heavy (non-hydrogen) atoms. The molecule has 2 saturated heterocycles. The van der Waals surface area contributed by atoms with Crippen LogP contribution in [0.15, 0.2) is 35.9 Å². The van der Waals surface area contributed by atoms with Crippen molar-refractivity contribution in [3.63, 3.8) is 0 Å². The van der Waals surface area contributed by atoms with Crippen LogP contribution in [0.4, 0.5) is 5.69 Å². The zero-order valence-corrected chi connectivity index (χ0v) is 17.8. The highest BCUT2D eigenvalue weighted by atomic mass is 16.5. The minimum Gasteiger partial charge on any atom is -0.495 e. The summed E-state index contributed by atoms with van der Waals surface area (Å²) in [6.07, 6.45) is 10.1. The van der Waals surface area contributed by atoms with Gasteiger partial charge in [-0.05, 0) is 50.7 Å². The second kappa shape index (κ2) is 9.66. The van der Waals surface area contributed by atoms with Crippen molar-refractivity contribution < 1.29 is 9.53 Å². The number of benzene rings is 1. The molecule has 0 N–H and O–H groups in total. The second-order valence-electron chi connectivity index (χ2n) is 8.62. The number of allylic oxidation sites excluding steroid dienone is 1. The molecule has 2 heterocycles. The van der Waals surface area contributed by atoms with Crippen LogP contribution in [0, 0.1) is 0 Å². The van der Waals surface area contributed by atoms with Crippen molar-refractivity contribution in [2.24, 2.45) is 0 Å². The molecule has 4 rings (SSSR count). The van der Waals surface area contributed by atoms with Crippen LogP contribution in [-0.4, -0.2) is 68.1 Å². The molecule has 1 aliphatic carbocycles. The van der Waals surface area contributed by atoms with Crippen molar-refractivity contribution in [3.8, 4) is 5.75 Å². The van der Waals surface area contributed by atoms with Crippen molar-refractivity contribution in [2.75, 3.05) is 51.3 Å². The van der Waals surface area contributed by atoms with E-state index in [0.717, 1.165) is 64.3 Å². The van der Waals surface area contributed by atoms with Gasteiger partial charge in [0.1, 0.15) is 5.75 Å². The molecule has 2 aliphatic heterocycles. The quantitative estimate of drug-likeness (QED) is 0.710. The maximum atomic E-state index is 12.8. The molecule has 0 saturated carbocycles. The fraction of sp³-hybridized carbons (Fsp3) is 0.625. The summed E-state index contributed by atoms with van der Waals surface area (Å²) in [5.41, 5.74) is 2.56. The first-order chi connectivity index (χ1) is 14.2. The third-order valence-corrected chi connectivity index (χ3v) is 6.77. The molecule has 5 heteroatoms. The maximum absolute atomic E-state index is 12.8. The van der Waals surface area contributed by atoms with E-state index in [1.807, 2.05) is 12.1 Å². The number of piperidine rings is 1. The summed E-state index contributed by atoms with van der Waals surface area (Å²) in [7, 11) is 1.74. The molecule has 5 nitrogen and oxygen atoms in total. The predicted octanol–water partition coefficient (Wildman–Crippen LogP) is 3.70. The number of rotatable bonds is 5. The van der Waals surface area contributed by atoms with Crippen LogP contribution in [-0.2, 0) is 4.79 Å². The highest BCUT2D eigenvalue weighted by molar-refractivity contribution is 5.79. The van der Waals surface area contributed by atoms with Crippen molar-refractivity contribution in [2.45, 2.75) is 51.0 Å². The standard InChI is InChI=1S/C24H35N3O2/c1-29-23-12-6-5-11-22(23)26-16-14-25(15-17-26)21-10-7-13-27(19-21)24(28)18-20-8-3-2-4-9-20/h5-6,8,11-12,21H,2-4,7,9-10,13-19H2,1H3. The van der Waals surface area contributed by atoms with Gasteiger partial charge >= 0.3 is 0 Å². The van der Waals surface area contributed by atoms with Gasteiger partial charge in [0.05, 0.1) is 12.8 Å². The number of ether oxygens (including phenoxy) is 1. The fourth-order valence-corrected chi connectivity index (χ4v) is 5.07. The predicted molar refractivity (Wildman–Crippen MR) is 118 cm³/mol. The highest BCUT2D eigenvalue weighted by Crippen LogP contribution is 2.29. The monoisotopic (exact) mass is 397 g/mol. The minimum atomic E-state index is 0.343. The Balaban J connectivity index is 1.30. The molecule has 158 valence electrons. The molecule has 0 spiro atoms. The van der Waals surface area contributed by atoms with Gasteiger partial charge in [-0.1, -0.05) is 23.8 Å². The number of methoxy groups -OCH3 is 1. The number of para-hydroxylation sites is 2. The molecule has 2 fully saturated rings. The van der Waals surface area contributed by atoms with Crippen LogP contribution in [0.1, 0.15) is 44.9 Å².